The molecule has 32 heavy (non-hydrogen) atoms. The Hall–Kier alpha value is -3.39. The summed E-state index contributed by atoms with van der Waals surface area (Å²) in [6.45, 7) is 2.36. The van der Waals surface area contributed by atoms with Gasteiger partial charge in [-0.05, 0) is 22.3 Å². The smallest absolute Gasteiger partial charge is 0.407 e. The maximum atomic E-state index is 12.8. The van der Waals surface area contributed by atoms with E-state index in [4.69, 9.17) is 9.47 Å². The average Bonchev–Trinajstić information content (AvgIpc) is 3.03. The quantitative estimate of drug-likeness (QED) is 0.720. The summed E-state index contributed by atoms with van der Waals surface area (Å²) in [6, 6.07) is 14.8. The van der Waals surface area contributed by atoms with E-state index in [1.807, 2.05) is 48.5 Å². The molecule has 3 aliphatic rings. The van der Waals surface area contributed by atoms with E-state index in [0.29, 0.717) is 26.3 Å². The molecular weight excluding hydrogens is 412 g/mol. The first kappa shape index (κ1) is 20.5. The van der Waals surface area contributed by atoms with Crippen LogP contribution in [0.15, 0.2) is 48.5 Å². The fourth-order valence-corrected chi connectivity index (χ4v) is 4.87. The van der Waals surface area contributed by atoms with Crippen molar-refractivity contribution in [3.63, 3.8) is 0 Å². The largest absolute Gasteiger partial charge is 0.481 e. The molecule has 2 heterocycles. The molecule has 0 radical (unpaired) electrons. The molecule has 2 saturated heterocycles. The van der Waals surface area contributed by atoms with Crippen LogP contribution in [-0.2, 0) is 19.1 Å². The molecule has 166 valence electrons. The fourth-order valence-electron chi connectivity index (χ4n) is 4.87. The summed E-state index contributed by atoms with van der Waals surface area (Å²) >= 11 is 0. The van der Waals surface area contributed by atoms with Crippen molar-refractivity contribution in [3.05, 3.63) is 59.7 Å². The number of benzene rings is 2. The van der Waals surface area contributed by atoms with Crippen LogP contribution in [0, 0.1) is 5.41 Å². The Morgan fingerprint density at radius 1 is 1.06 bits per heavy atom. The number of aliphatic carboxylic acids is 1. The number of rotatable bonds is 6. The Kier molecular flexibility index (Phi) is 5.09. The van der Waals surface area contributed by atoms with Crippen molar-refractivity contribution in [3.8, 4) is 11.1 Å². The van der Waals surface area contributed by atoms with Crippen molar-refractivity contribution in [2.24, 2.45) is 5.41 Å². The number of ether oxygens (including phenoxy) is 2. The van der Waals surface area contributed by atoms with Gasteiger partial charge in [0.05, 0.1) is 25.0 Å². The van der Waals surface area contributed by atoms with Crippen LogP contribution in [0.1, 0.15) is 23.5 Å². The van der Waals surface area contributed by atoms with Crippen LogP contribution < -0.4 is 5.32 Å². The summed E-state index contributed by atoms with van der Waals surface area (Å²) in [6.07, 6.45) is -1.29. The summed E-state index contributed by atoms with van der Waals surface area (Å²) in [4.78, 5) is 38.1. The molecule has 8 nitrogen and oxygen atoms in total. The lowest BCUT2D eigenvalue weighted by atomic mass is 9.77. The number of hydrogen-bond acceptors (Lipinski definition) is 5. The SMILES string of the molecule is O=C(O)CC(NC(=O)OCC1c2ccccc2-c2ccccc21)C(=O)N1CC2(COC2)C1. The predicted molar refractivity (Wildman–Crippen MR) is 114 cm³/mol. The van der Waals surface area contributed by atoms with Crippen molar-refractivity contribution in [2.45, 2.75) is 18.4 Å². The lowest BCUT2D eigenvalue weighted by Crippen LogP contribution is -2.69. The normalized spacial score (nSPS) is 18.7. The van der Waals surface area contributed by atoms with Crippen molar-refractivity contribution in [1.82, 2.24) is 10.2 Å². The van der Waals surface area contributed by atoms with E-state index < -0.39 is 30.4 Å². The first-order valence-corrected chi connectivity index (χ1v) is 10.7. The van der Waals surface area contributed by atoms with Gasteiger partial charge < -0.3 is 24.8 Å². The number of likely N-dealkylation sites (tertiary alicyclic amines) is 1. The molecule has 1 aliphatic carbocycles. The van der Waals surface area contributed by atoms with E-state index in [0.717, 1.165) is 22.3 Å². The number of carbonyl (C=O) groups excluding carboxylic acids is 2. The van der Waals surface area contributed by atoms with Gasteiger partial charge in [-0.2, -0.15) is 0 Å². The van der Waals surface area contributed by atoms with E-state index in [-0.39, 0.29) is 17.9 Å². The van der Waals surface area contributed by atoms with Gasteiger partial charge in [0.1, 0.15) is 12.6 Å². The van der Waals surface area contributed by atoms with Gasteiger partial charge in [0.25, 0.3) is 0 Å². The maximum Gasteiger partial charge on any atom is 0.407 e. The van der Waals surface area contributed by atoms with Crippen molar-refractivity contribution < 1.29 is 29.0 Å². The number of alkyl carbamates (subject to hydrolysis) is 1. The van der Waals surface area contributed by atoms with Gasteiger partial charge in [0.15, 0.2) is 0 Å². The van der Waals surface area contributed by atoms with Crippen molar-refractivity contribution >= 4 is 18.0 Å². The Morgan fingerprint density at radius 3 is 2.19 bits per heavy atom. The van der Waals surface area contributed by atoms with Crippen LogP contribution in [0.5, 0.6) is 0 Å². The Labute approximate surface area is 185 Å². The first-order valence-electron chi connectivity index (χ1n) is 10.7. The molecule has 1 atom stereocenters. The van der Waals surface area contributed by atoms with Gasteiger partial charge in [-0.3, -0.25) is 9.59 Å². The molecule has 1 unspecified atom stereocenters. The number of carbonyl (C=O) groups is 3. The molecule has 0 saturated carbocycles. The number of nitrogens with one attached hydrogen (secondary N) is 1. The van der Waals surface area contributed by atoms with Crippen LogP contribution in [0.25, 0.3) is 11.1 Å². The number of fused-ring (bicyclic) bond motifs is 3. The maximum absolute atomic E-state index is 12.8. The molecule has 5 rings (SSSR count). The minimum atomic E-state index is -1.17. The number of amides is 2. The third kappa shape index (κ3) is 3.60. The number of nitrogens with zero attached hydrogens (tertiary/aromatic N) is 1. The second-order valence-electron chi connectivity index (χ2n) is 8.81. The van der Waals surface area contributed by atoms with Gasteiger partial charge in [-0.15, -0.1) is 0 Å². The highest BCUT2D eigenvalue weighted by Gasteiger charge is 2.51. The Balaban J connectivity index is 1.23. The minimum absolute atomic E-state index is 0.00714. The van der Waals surface area contributed by atoms with Gasteiger partial charge in [0.2, 0.25) is 5.91 Å². The van der Waals surface area contributed by atoms with Crippen LogP contribution in [0.2, 0.25) is 0 Å². The molecule has 1 spiro atoms. The zero-order valence-corrected chi connectivity index (χ0v) is 17.5. The highest BCUT2D eigenvalue weighted by Crippen LogP contribution is 2.44. The Bertz CT molecular complexity index is 1030. The van der Waals surface area contributed by atoms with Gasteiger partial charge in [-0.25, -0.2) is 4.79 Å². The van der Waals surface area contributed by atoms with Gasteiger partial charge >= 0.3 is 12.1 Å². The van der Waals surface area contributed by atoms with E-state index in [1.165, 1.54) is 0 Å². The van der Waals surface area contributed by atoms with Crippen LogP contribution >= 0.6 is 0 Å². The fraction of sp³-hybridized carbons (Fsp3) is 0.375. The molecule has 0 bridgehead atoms. The van der Waals surface area contributed by atoms with Crippen LogP contribution in [0.3, 0.4) is 0 Å². The van der Waals surface area contributed by atoms with E-state index in [2.05, 4.69) is 5.32 Å². The van der Waals surface area contributed by atoms with Crippen LogP contribution in [-0.4, -0.2) is 66.9 Å². The van der Waals surface area contributed by atoms with E-state index in [9.17, 15) is 19.5 Å². The molecular formula is C24H24N2O6. The molecule has 2 fully saturated rings. The minimum Gasteiger partial charge on any atom is -0.481 e. The number of hydrogen-bond donors (Lipinski definition) is 2. The first-order chi connectivity index (χ1) is 15.5. The van der Waals surface area contributed by atoms with E-state index >= 15 is 0 Å². The topological polar surface area (TPSA) is 105 Å². The van der Waals surface area contributed by atoms with Crippen molar-refractivity contribution in [1.29, 1.82) is 0 Å². The number of carboxylic acids is 1. The summed E-state index contributed by atoms with van der Waals surface area (Å²) in [7, 11) is 0. The molecule has 2 aromatic rings. The third-order valence-electron chi connectivity index (χ3n) is 6.49. The summed E-state index contributed by atoms with van der Waals surface area (Å²) < 4.78 is 10.7. The second kappa shape index (κ2) is 7.94. The lowest BCUT2D eigenvalue weighted by Gasteiger charge is -2.55. The highest BCUT2D eigenvalue weighted by molar-refractivity contribution is 5.90. The predicted octanol–water partition coefficient (Wildman–Crippen LogP) is 2.23. The molecule has 0 aromatic heterocycles. The average molecular weight is 436 g/mol. The molecule has 2 N–H and O–H groups in total. The lowest BCUT2D eigenvalue weighted by molar-refractivity contribution is -0.196. The molecule has 2 aromatic carbocycles. The standard InChI is InChI=1S/C24H24N2O6/c27-21(28)9-20(22(29)26-11-24(12-26)13-31-14-24)25-23(30)32-10-19-17-7-3-1-5-15(17)16-6-2-4-8-18(16)19/h1-8,19-20H,9-14H2,(H,25,30)(H,27,28). The van der Waals surface area contributed by atoms with Gasteiger partial charge in [-0.1, -0.05) is 48.5 Å². The molecule has 2 amide bonds. The summed E-state index contributed by atoms with van der Waals surface area (Å²) in [5, 5.41) is 11.7. The molecule has 2 aliphatic heterocycles. The van der Waals surface area contributed by atoms with Crippen LogP contribution in [0.4, 0.5) is 4.79 Å². The summed E-state index contributed by atoms with van der Waals surface area (Å²) in [5.41, 5.74) is 4.39. The molecule has 8 heteroatoms. The monoisotopic (exact) mass is 436 g/mol. The second-order valence-corrected chi connectivity index (χ2v) is 8.81. The zero-order valence-electron chi connectivity index (χ0n) is 17.5. The highest BCUT2D eigenvalue weighted by atomic mass is 16.5. The number of carboxylic acid groups (broad SMARTS) is 1. The Morgan fingerprint density at radius 2 is 1.66 bits per heavy atom. The van der Waals surface area contributed by atoms with Crippen molar-refractivity contribution in [2.75, 3.05) is 32.9 Å². The van der Waals surface area contributed by atoms with E-state index in [1.54, 1.807) is 4.90 Å². The zero-order chi connectivity index (χ0) is 22.3. The summed E-state index contributed by atoms with van der Waals surface area (Å²) in [5.74, 6) is -1.68. The third-order valence-corrected chi connectivity index (χ3v) is 6.49. The van der Waals surface area contributed by atoms with Gasteiger partial charge in [0, 0.05) is 19.0 Å².